The van der Waals surface area contributed by atoms with E-state index in [9.17, 15) is 9.59 Å². The van der Waals surface area contributed by atoms with Crippen molar-refractivity contribution in [1.29, 1.82) is 0 Å². The fraction of sp³-hybridized carbons (Fsp3) is 0.714. The number of terminal acetylenes is 1. The van der Waals surface area contributed by atoms with Crippen LogP contribution in [0.25, 0.3) is 0 Å². The summed E-state index contributed by atoms with van der Waals surface area (Å²) in [5.74, 6) is 2.67. The minimum Gasteiger partial charge on any atom is -0.356 e. The summed E-state index contributed by atoms with van der Waals surface area (Å²) in [7, 11) is 0. The van der Waals surface area contributed by atoms with Crippen LogP contribution in [0.2, 0.25) is 0 Å². The van der Waals surface area contributed by atoms with Gasteiger partial charge in [0.1, 0.15) is 0 Å². The highest BCUT2D eigenvalue weighted by Crippen LogP contribution is 1.99. The maximum atomic E-state index is 11.4. The number of hydrogen-bond donors (Lipinski definition) is 2. The Hall–Kier alpha value is -1.50. The van der Waals surface area contributed by atoms with E-state index >= 15 is 0 Å². The minimum atomic E-state index is 0.00951. The lowest BCUT2D eigenvalue weighted by Crippen LogP contribution is -2.24. The standard InChI is InChI=1S/C14H24N2O2/c1-3-4-5-7-10-14(18)16-12-9-6-8-11-15-13(2)17/h1H,4-12H2,2H3,(H,15,17)(H,16,18). The second-order valence-corrected chi connectivity index (χ2v) is 4.30. The maximum absolute atomic E-state index is 11.4. The lowest BCUT2D eigenvalue weighted by Gasteiger charge is -2.05. The number of amides is 2. The van der Waals surface area contributed by atoms with Crippen LogP contribution < -0.4 is 10.6 Å². The lowest BCUT2D eigenvalue weighted by atomic mass is 10.2. The zero-order chi connectivity index (χ0) is 13.6. The quantitative estimate of drug-likeness (QED) is 0.458. The number of nitrogens with one attached hydrogen (secondary N) is 2. The zero-order valence-corrected chi connectivity index (χ0v) is 11.3. The molecule has 0 aliphatic carbocycles. The van der Waals surface area contributed by atoms with Gasteiger partial charge < -0.3 is 10.6 Å². The molecule has 2 N–H and O–H groups in total. The van der Waals surface area contributed by atoms with Crippen molar-refractivity contribution in [3.8, 4) is 12.3 Å². The van der Waals surface area contributed by atoms with Gasteiger partial charge in [0.05, 0.1) is 0 Å². The highest BCUT2D eigenvalue weighted by Gasteiger charge is 1.99. The first-order chi connectivity index (χ1) is 8.66. The molecule has 0 aromatic rings. The molecule has 0 fully saturated rings. The SMILES string of the molecule is C#CCCCCC(=O)NCCCCCNC(C)=O. The Morgan fingerprint density at radius 3 is 2.28 bits per heavy atom. The van der Waals surface area contributed by atoms with Gasteiger partial charge in [-0.2, -0.15) is 0 Å². The van der Waals surface area contributed by atoms with Crippen LogP contribution in [-0.2, 0) is 9.59 Å². The summed E-state index contributed by atoms with van der Waals surface area (Å²) in [5, 5.41) is 5.62. The maximum Gasteiger partial charge on any atom is 0.219 e. The van der Waals surface area contributed by atoms with Crippen LogP contribution in [0.15, 0.2) is 0 Å². The molecule has 0 spiro atoms. The number of hydrogen-bond acceptors (Lipinski definition) is 2. The normalized spacial score (nSPS) is 9.56. The molecule has 0 aromatic heterocycles. The van der Waals surface area contributed by atoms with Gasteiger partial charge in [-0.1, -0.05) is 0 Å². The van der Waals surface area contributed by atoms with Crippen molar-refractivity contribution in [3.05, 3.63) is 0 Å². The summed E-state index contributed by atoms with van der Waals surface area (Å²) in [4.78, 5) is 22.0. The predicted octanol–water partition coefficient (Wildman–Crippen LogP) is 1.60. The largest absolute Gasteiger partial charge is 0.356 e. The summed E-state index contributed by atoms with van der Waals surface area (Å²) in [6, 6.07) is 0. The van der Waals surface area contributed by atoms with Crippen molar-refractivity contribution in [2.45, 2.75) is 51.9 Å². The van der Waals surface area contributed by atoms with Crippen LogP contribution in [0.3, 0.4) is 0 Å². The molecule has 0 unspecified atom stereocenters. The number of carbonyl (C=O) groups excluding carboxylic acids is 2. The van der Waals surface area contributed by atoms with Gasteiger partial charge in [-0.05, 0) is 32.1 Å². The van der Waals surface area contributed by atoms with E-state index in [1.807, 2.05) is 0 Å². The molecule has 0 radical (unpaired) electrons. The Labute approximate surface area is 110 Å². The van der Waals surface area contributed by atoms with E-state index < -0.39 is 0 Å². The van der Waals surface area contributed by atoms with Crippen LogP contribution in [0.4, 0.5) is 0 Å². The molecular formula is C14H24N2O2. The van der Waals surface area contributed by atoms with E-state index in [2.05, 4.69) is 16.6 Å². The second kappa shape index (κ2) is 12.0. The topological polar surface area (TPSA) is 58.2 Å². The lowest BCUT2D eigenvalue weighted by molar-refractivity contribution is -0.121. The summed E-state index contributed by atoms with van der Waals surface area (Å²) >= 11 is 0. The van der Waals surface area contributed by atoms with E-state index in [1.165, 1.54) is 6.92 Å². The zero-order valence-electron chi connectivity index (χ0n) is 11.3. The third-order valence-electron chi connectivity index (χ3n) is 2.52. The van der Waals surface area contributed by atoms with Gasteiger partial charge in [-0.15, -0.1) is 12.3 Å². The fourth-order valence-electron chi connectivity index (χ4n) is 1.52. The Kier molecular flexibility index (Phi) is 11.0. The predicted molar refractivity (Wildman–Crippen MR) is 72.8 cm³/mol. The van der Waals surface area contributed by atoms with Gasteiger partial charge in [0.2, 0.25) is 11.8 Å². The fourth-order valence-corrected chi connectivity index (χ4v) is 1.52. The van der Waals surface area contributed by atoms with E-state index in [4.69, 9.17) is 6.42 Å². The van der Waals surface area contributed by atoms with E-state index in [0.29, 0.717) is 13.0 Å². The van der Waals surface area contributed by atoms with Crippen molar-refractivity contribution in [1.82, 2.24) is 10.6 Å². The summed E-state index contributed by atoms with van der Waals surface area (Å²) in [5.41, 5.74) is 0. The molecule has 0 saturated carbocycles. The molecule has 0 heterocycles. The van der Waals surface area contributed by atoms with Crippen molar-refractivity contribution in [3.63, 3.8) is 0 Å². The average molecular weight is 252 g/mol. The molecular weight excluding hydrogens is 228 g/mol. The molecule has 0 bridgehead atoms. The number of rotatable bonds is 10. The molecule has 102 valence electrons. The summed E-state index contributed by atoms with van der Waals surface area (Å²) in [6.07, 6.45) is 11.1. The van der Waals surface area contributed by atoms with Crippen LogP contribution in [0.1, 0.15) is 51.9 Å². The Morgan fingerprint density at radius 2 is 1.67 bits per heavy atom. The van der Waals surface area contributed by atoms with Crippen LogP contribution in [0, 0.1) is 12.3 Å². The number of carbonyl (C=O) groups is 2. The number of unbranched alkanes of at least 4 members (excludes halogenated alkanes) is 4. The van der Waals surface area contributed by atoms with E-state index in [0.717, 1.165) is 45.1 Å². The van der Waals surface area contributed by atoms with Crippen LogP contribution >= 0.6 is 0 Å². The van der Waals surface area contributed by atoms with Gasteiger partial charge >= 0.3 is 0 Å². The Balaban J connectivity index is 3.20. The molecule has 0 aliphatic heterocycles. The first-order valence-corrected chi connectivity index (χ1v) is 6.61. The van der Waals surface area contributed by atoms with Crippen LogP contribution in [0.5, 0.6) is 0 Å². The molecule has 4 nitrogen and oxygen atoms in total. The minimum absolute atomic E-state index is 0.00951. The molecule has 0 aromatic carbocycles. The van der Waals surface area contributed by atoms with Crippen molar-refractivity contribution >= 4 is 11.8 Å². The Bertz CT molecular complexity index is 282. The molecule has 0 saturated heterocycles. The van der Waals surface area contributed by atoms with Gasteiger partial charge in [0.15, 0.2) is 0 Å². The first-order valence-electron chi connectivity index (χ1n) is 6.61. The monoisotopic (exact) mass is 252 g/mol. The van der Waals surface area contributed by atoms with Crippen molar-refractivity contribution in [2.24, 2.45) is 0 Å². The van der Waals surface area contributed by atoms with E-state index in [-0.39, 0.29) is 11.8 Å². The third kappa shape index (κ3) is 12.6. The molecule has 4 heteroatoms. The smallest absolute Gasteiger partial charge is 0.219 e. The third-order valence-corrected chi connectivity index (χ3v) is 2.52. The van der Waals surface area contributed by atoms with Crippen LogP contribution in [-0.4, -0.2) is 24.9 Å². The van der Waals surface area contributed by atoms with Gasteiger partial charge in [-0.3, -0.25) is 9.59 Å². The first kappa shape index (κ1) is 16.5. The Morgan fingerprint density at radius 1 is 1.00 bits per heavy atom. The van der Waals surface area contributed by atoms with Gasteiger partial charge in [-0.25, -0.2) is 0 Å². The van der Waals surface area contributed by atoms with Crippen molar-refractivity contribution in [2.75, 3.05) is 13.1 Å². The molecule has 0 atom stereocenters. The molecule has 18 heavy (non-hydrogen) atoms. The van der Waals surface area contributed by atoms with E-state index in [1.54, 1.807) is 0 Å². The average Bonchev–Trinajstić information content (AvgIpc) is 2.33. The summed E-state index contributed by atoms with van der Waals surface area (Å²) in [6.45, 7) is 2.95. The highest BCUT2D eigenvalue weighted by atomic mass is 16.2. The van der Waals surface area contributed by atoms with Crippen molar-refractivity contribution < 1.29 is 9.59 Å². The highest BCUT2D eigenvalue weighted by molar-refractivity contribution is 5.75. The second-order valence-electron chi connectivity index (χ2n) is 4.30. The molecule has 0 aliphatic rings. The molecule has 0 rings (SSSR count). The van der Waals surface area contributed by atoms with Gasteiger partial charge in [0.25, 0.3) is 0 Å². The summed E-state index contributed by atoms with van der Waals surface area (Å²) < 4.78 is 0. The van der Waals surface area contributed by atoms with Gasteiger partial charge in [0, 0.05) is 32.9 Å². The molecule has 2 amide bonds.